The summed E-state index contributed by atoms with van der Waals surface area (Å²) in [4.78, 5) is 10.3. The zero-order valence-electron chi connectivity index (χ0n) is 10.4. The number of hydrogen-bond acceptors (Lipinski definition) is 7. The lowest BCUT2D eigenvalue weighted by atomic mass is 10.3. The molecule has 0 aliphatic carbocycles. The Morgan fingerprint density at radius 3 is 2.40 bits per heavy atom. The Bertz CT molecular complexity index is 568. The van der Waals surface area contributed by atoms with E-state index in [0.717, 1.165) is 13.1 Å². The average Bonchev–Trinajstić information content (AvgIpc) is 2.98. The summed E-state index contributed by atoms with van der Waals surface area (Å²) in [7, 11) is 0. The molecular weight excluding hydrogens is 272 g/mol. The molecule has 0 amide bonds. The summed E-state index contributed by atoms with van der Waals surface area (Å²) in [5.74, 6) is -0.170. The van der Waals surface area contributed by atoms with Gasteiger partial charge in [-0.3, -0.25) is 0 Å². The van der Waals surface area contributed by atoms with E-state index in [-0.39, 0.29) is 5.89 Å². The molecule has 0 radical (unpaired) electrons. The second-order valence-electron chi connectivity index (χ2n) is 4.12. The number of halogens is 2. The minimum Gasteiger partial charge on any atom is -0.415 e. The summed E-state index contributed by atoms with van der Waals surface area (Å²) in [6.07, 6.45) is 0.158. The number of ether oxygens (including phenoxy) is 1. The van der Waals surface area contributed by atoms with E-state index in [2.05, 4.69) is 20.2 Å². The van der Waals surface area contributed by atoms with Gasteiger partial charge in [0.2, 0.25) is 5.95 Å². The van der Waals surface area contributed by atoms with Crippen molar-refractivity contribution in [2.75, 3.05) is 31.2 Å². The molecule has 2 aromatic heterocycles. The van der Waals surface area contributed by atoms with Crippen LogP contribution in [0.25, 0.3) is 11.5 Å². The molecule has 3 heterocycles. The van der Waals surface area contributed by atoms with Crippen LogP contribution < -0.4 is 4.90 Å². The molecule has 106 valence electrons. The van der Waals surface area contributed by atoms with Crippen molar-refractivity contribution < 1.29 is 17.9 Å². The largest absolute Gasteiger partial charge is 0.415 e. The van der Waals surface area contributed by atoms with Gasteiger partial charge in [-0.1, -0.05) is 0 Å². The van der Waals surface area contributed by atoms with Gasteiger partial charge in [0.05, 0.1) is 18.8 Å². The number of anilines is 1. The van der Waals surface area contributed by atoms with Gasteiger partial charge in [-0.25, -0.2) is 9.97 Å². The van der Waals surface area contributed by atoms with Crippen LogP contribution in [0.2, 0.25) is 0 Å². The van der Waals surface area contributed by atoms with Crippen molar-refractivity contribution in [2.45, 2.75) is 6.43 Å². The predicted molar refractivity (Wildman–Crippen MR) is 63.3 cm³/mol. The molecule has 0 bridgehead atoms. The van der Waals surface area contributed by atoms with Crippen molar-refractivity contribution in [3.05, 3.63) is 18.3 Å². The molecule has 1 aliphatic rings. The smallest absolute Gasteiger partial charge is 0.314 e. The summed E-state index contributed by atoms with van der Waals surface area (Å²) in [5.41, 5.74) is 0.404. The molecule has 1 fully saturated rings. The van der Waals surface area contributed by atoms with Gasteiger partial charge in [-0.05, 0) is 0 Å². The molecule has 9 heteroatoms. The third-order valence-corrected chi connectivity index (χ3v) is 2.81. The highest BCUT2D eigenvalue weighted by atomic mass is 19.3. The van der Waals surface area contributed by atoms with Crippen molar-refractivity contribution >= 4 is 5.95 Å². The van der Waals surface area contributed by atoms with Crippen molar-refractivity contribution in [3.8, 4) is 11.5 Å². The Labute approximate surface area is 112 Å². The first-order valence-electron chi connectivity index (χ1n) is 6.00. The molecule has 0 aromatic carbocycles. The first kappa shape index (κ1) is 12.9. The monoisotopic (exact) mass is 283 g/mol. The minimum atomic E-state index is -2.79. The lowest BCUT2D eigenvalue weighted by molar-refractivity contribution is 0.116. The fraction of sp³-hybridized carbons (Fsp3) is 0.455. The molecular formula is C11H11F2N5O2. The van der Waals surface area contributed by atoms with Gasteiger partial charge >= 0.3 is 6.43 Å². The molecule has 20 heavy (non-hydrogen) atoms. The van der Waals surface area contributed by atoms with E-state index in [1.165, 1.54) is 12.4 Å². The van der Waals surface area contributed by atoms with Crippen LogP contribution in [0.1, 0.15) is 12.3 Å². The maximum atomic E-state index is 12.4. The molecule has 0 N–H and O–H groups in total. The number of nitrogens with zero attached hydrogens (tertiary/aromatic N) is 5. The Kier molecular flexibility index (Phi) is 3.50. The fourth-order valence-corrected chi connectivity index (χ4v) is 1.80. The average molecular weight is 283 g/mol. The summed E-state index contributed by atoms with van der Waals surface area (Å²) in [6, 6.07) is 0. The maximum Gasteiger partial charge on any atom is 0.314 e. The van der Waals surface area contributed by atoms with E-state index >= 15 is 0 Å². The van der Waals surface area contributed by atoms with Crippen LogP contribution in [-0.2, 0) is 4.74 Å². The van der Waals surface area contributed by atoms with Crippen molar-refractivity contribution in [1.29, 1.82) is 0 Å². The lowest BCUT2D eigenvalue weighted by Crippen LogP contribution is -2.37. The van der Waals surface area contributed by atoms with Crippen LogP contribution in [-0.4, -0.2) is 46.5 Å². The summed E-state index contributed by atoms with van der Waals surface area (Å²) in [5, 5.41) is 6.79. The highest BCUT2D eigenvalue weighted by Gasteiger charge is 2.18. The maximum absolute atomic E-state index is 12.4. The third-order valence-electron chi connectivity index (χ3n) is 2.81. The van der Waals surface area contributed by atoms with E-state index in [0.29, 0.717) is 24.7 Å². The van der Waals surface area contributed by atoms with Crippen molar-refractivity contribution in [3.63, 3.8) is 0 Å². The van der Waals surface area contributed by atoms with Gasteiger partial charge in [-0.15, -0.1) is 10.2 Å². The van der Waals surface area contributed by atoms with Gasteiger partial charge in [-0.2, -0.15) is 8.78 Å². The standard InChI is InChI=1S/C11H11F2N5O2/c12-8(13)10-17-16-9(20-10)7-5-14-11(15-6-7)18-1-3-19-4-2-18/h5-6,8H,1-4H2. The number of hydrogen-bond donors (Lipinski definition) is 0. The van der Waals surface area contributed by atoms with Crippen LogP contribution in [0.3, 0.4) is 0 Å². The van der Waals surface area contributed by atoms with Crippen LogP contribution in [0.5, 0.6) is 0 Å². The summed E-state index contributed by atoms with van der Waals surface area (Å²) in [6.45, 7) is 2.70. The SMILES string of the molecule is FC(F)c1nnc(-c2cnc(N3CCOCC3)nc2)o1. The van der Waals surface area contributed by atoms with E-state index < -0.39 is 12.3 Å². The van der Waals surface area contributed by atoms with Crippen LogP contribution in [0, 0.1) is 0 Å². The van der Waals surface area contributed by atoms with Crippen molar-refractivity contribution in [1.82, 2.24) is 20.2 Å². The van der Waals surface area contributed by atoms with E-state index in [4.69, 9.17) is 9.15 Å². The molecule has 0 saturated carbocycles. The Balaban J connectivity index is 1.77. The highest BCUT2D eigenvalue weighted by molar-refractivity contribution is 5.50. The zero-order chi connectivity index (χ0) is 13.9. The molecule has 1 saturated heterocycles. The summed E-state index contributed by atoms with van der Waals surface area (Å²) >= 11 is 0. The van der Waals surface area contributed by atoms with Gasteiger partial charge < -0.3 is 14.1 Å². The van der Waals surface area contributed by atoms with Gasteiger partial charge in [0.25, 0.3) is 11.8 Å². The van der Waals surface area contributed by atoms with Gasteiger partial charge in [0.15, 0.2) is 0 Å². The van der Waals surface area contributed by atoms with Crippen LogP contribution in [0.4, 0.5) is 14.7 Å². The molecule has 0 spiro atoms. The molecule has 3 rings (SSSR count). The second-order valence-corrected chi connectivity index (χ2v) is 4.12. The Morgan fingerprint density at radius 1 is 1.10 bits per heavy atom. The Morgan fingerprint density at radius 2 is 1.80 bits per heavy atom. The van der Waals surface area contributed by atoms with Crippen LogP contribution in [0.15, 0.2) is 16.8 Å². The molecule has 1 aliphatic heterocycles. The zero-order valence-corrected chi connectivity index (χ0v) is 10.4. The lowest BCUT2D eigenvalue weighted by Gasteiger charge is -2.26. The Hall–Kier alpha value is -2.16. The van der Waals surface area contributed by atoms with E-state index in [1.807, 2.05) is 4.90 Å². The van der Waals surface area contributed by atoms with Gasteiger partial charge in [0, 0.05) is 25.5 Å². The topological polar surface area (TPSA) is 77.2 Å². The molecule has 0 atom stereocenters. The number of alkyl halides is 2. The number of rotatable bonds is 3. The quantitative estimate of drug-likeness (QED) is 0.840. The first-order chi connectivity index (χ1) is 9.74. The molecule has 0 unspecified atom stereocenters. The second kappa shape index (κ2) is 5.45. The number of aromatic nitrogens is 4. The highest BCUT2D eigenvalue weighted by Crippen LogP contribution is 2.22. The minimum absolute atomic E-state index is 0.0196. The van der Waals surface area contributed by atoms with Gasteiger partial charge in [0.1, 0.15) is 0 Å². The fourth-order valence-electron chi connectivity index (χ4n) is 1.80. The normalized spacial score (nSPS) is 15.8. The third kappa shape index (κ3) is 2.57. The first-order valence-corrected chi connectivity index (χ1v) is 6.00. The molecule has 7 nitrogen and oxygen atoms in total. The van der Waals surface area contributed by atoms with Crippen molar-refractivity contribution in [2.24, 2.45) is 0 Å². The summed E-state index contributed by atoms with van der Waals surface area (Å²) < 4.78 is 34.8. The van der Waals surface area contributed by atoms with E-state index in [9.17, 15) is 8.78 Å². The van der Waals surface area contributed by atoms with E-state index in [1.54, 1.807) is 0 Å². The predicted octanol–water partition coefficient (Wildman–Crippen LogP) is 1.30. The molecule has 2 aromatic rings. The van der Waals surface area contributed by atoms with Crippen LogP contribution >= 0.6 is 0 Å². The number of morpholine rings is 1.